The molecule has 0 saturated heterocycles. The van der Waals surface area contributed by atoms with Crippen molar-refractivity contribution < 1.29 is 4.92 Å². The molecule has 0 aliphatic carbocycles. The van der Waals surface area contributed by atoms with Crippen LogP contribution in [0.15, 0.2) is 17.3 Å². The molecule has 1 N–H and O–H groups in total. The van der Waals surface area contributed by atoms with E-state index in [1.807, 2.05) is 0 Å². The monoisotopic (exact) mass is 171 g/mol. The molecule has 0 aromatic rings. The third kappa shape index (κ3) is 2.34. The third-order valence-electron chi connectivity index (χ3n) is 1.64. The minimum absolute atomic E-state index is 0.0510. The number of aliphatic imine (C=N–C) groups is 1. The van der Waals surface area contributed by atoms with Crippen molar-refractivity contribution in [2.75, 3.05) is 14.1 Å². The van der Waals surface area contributed by atoms with Gasteiger partial charge in [0.25, 0.3) is 0 Å². The van der Waals surface area contributed by atoms with Crippen molar-refractivity contribution in [3.8, 4) is 0 Å². The van der Waals surface area contributed by atoms with Crippen LogP contribution in [-0.4, -0.2) is 24.9 Å². The maximum Gasteiger partial charge on any atom is 0.249 e. The lowest BCUT2D eigenvalue weighted by atomic mass is 10.1. The van der Waals surface area contributed by atoms with Gasteiger partial charge in [-0.05, 0) is 13.5 Å². The molecule has 0 bridgehead atoms. The van der Waals surface area contributed by atoms with Crippen LogP contribution in [0.5, 0.6) is 0 Å². The number of nitro groups is 1. The number of rotatable bonds is 3. The summed E-state index contributed by atoms with van der Waals surface area (Å²) in [5, 5.41) is 13.1. The Bertz CT molecular complexity index is 221. The smallest absolute Gasteiger partial charge is 0.249 e. The second-order valence-electron chi connectivity index (χ2n) is 2.33. The molecule has 0 amide bonds. The molecule has 0 aliphatic rings. The molecule has 0 aromatic carbocycles. The van der Waals surface area contributed by atoms with Gasteiger partial charge in [-0.25, -0.2) is 0 Å². The van der Waals surface area contributed by atoms with Gasteiger partial charge >= 0.3 is 0 Å². The molecule has 0 aromatic heterocycles. The average molecular weight is 171 g/mol. The van der Waals surface area contributed by atoms with Gasteiger partial charge in [0.1, 0.15) is 11.8 Å². The molecular weight excluding hydrogens is 158 g/mol. The van der Waals surface area contributed by atoms with Crippen molar-refractivity contribution in [2.45, 2.75) is 6.92 Å². The first-order valence-electron chi connectivity index (χ1n) is 3.52. The zero-order valence-corrected chi connectivity index (χ0v) is 7.50. The maximum absolute atomic E-state index is 10.3. The molecule has 12 heavy (non-hydrogen) atoms. The fraction of sp³-hybridized carbons (Fsp3) is 0.571. The van der Waals surface area contributed by atoms with Gasteiger partial charge in [0.15, 0.2) is 0 Å². The fourth-order valence-corrected chi connectivity index (χ4v) is 0.838. The van der Waals surface area contributed by atoms with Crippen molar-refractivity contribution in [2.24, 2.45) is 10.9 Å². The molecule has 0 radical (unpaired) electrons. The Hall–Kier alpha value is -1.39. The van der Waals surface area contributed by atoms with Crippen molar-refractivity contribution in [3.05, 3.63) is 22.4 Å². The van der Waals surface area contributed by atoms with Crippen LogP contribution in [0.3, 0.4) is 0 Å². The summed E-state index contributed by atoms with van der Waals surface area (Å²) in [7, 11) is 3.25. The first-order chi connectivity index (χ1) is 5.54. The van der Waals surface area contributed by atoms with E-state index >= 15 is 0 Å². The van der Waals surface area contributed by atoms with Crippen molar-refractivity contribution in [1.82, 2.24) is 5.32 Å². The predicted octanol–water partition coefficient (Wildman–Crippen LogP) is 0.661. The average Bonchev–Trinajstić information content (AvgIpc) is 2.05. The predicted molar refractivity (Wildman–Crippen MR) is 47.7 cm³/mol. The molecule has 0 aliphatic heterocycles. The number of hydrogen-bond donors (Lipinski definition) is 1. The van der Waals surface area contributed by atoms with Gasteiger partial charge in [-0.3, -0.25) is 15.1 Å². The summed E-state index contributed by atoms with van der Waals surface area (Å²) in [5.74, 6) is 0.201. The van der Waals surface area contributed by atoms with E-state index in [9.17, 15) is 10.1 Å². The highest BCUT2D eigenvalue weighted by Crippen LogP contribution is 2.08. The Morgan fingerprint density at radius 2 is 2.25 bits per heavy atom. The Kier molecular flexibility index (Phi) is 3.96. The highest BCUT2D eigenvalue weighted by Gasteiger charge is 2.21. The van der Waals surface area contributed by atoms with Gasteiger partial charge in [-0.1, -0.05) is 0 Å². The van der Waals surface area contributed by atoms with Gasteiger partial charge in [-0.2, -0.15) is 0 Å². The van der Waals surface area contributed by atoms with Gasteiger partial charge in [-0.15, -0.1) is 0 Å². The summed E-state index contributed by atoms with van der Waals surface area (Å²) in [4.78, 5) is 13.7. The first kappa shape index (κ1) is 10.6. The summed E-state index contributed by atoms with van der Waals surface area (Å²) >= 11 is 0. The van der Waals surface area contributed by atoms with E-state index in [1.54, 1.807) is 21.0 Å². The normalized spacial score (nSPS) is 13.8. The molecular formula is C7H13N3O2. The minimum atomic E-state index is -0.493. The van der Waals surface area contributed by atoms with E-state index in [1.165, 1.54) is 0 Å². The van der Waals surface area contributed by atoms with Crippen LogP contribution in [0.4, 0.5) is 0 Å². The lowest BCUT2D eigenvalue weighted by Gasteiger charge is -2.09. The van der Waals surface area contributed by atoms with E-state index in [0.29, 0.717) is 5.84 Å². The van der Waals surface area contributed by atoms with E-state index in [4.69, 9.17) is 0 Å². The van der Waals surface area contributed by atoms with Gasteiger partial charge in [0.2, 0.25) is 5.70 Å². The van der Waals surface area contributed by atoms with Gasteiger partial charge in [0, 0.05) is 14.1 Å². The number of nitrogens with one attached hydrogen (secondary N) is 1. The second kappa shape index (κ2) is 4.48. The van der Waals surface area contributed by atoms with Crippen LogP contribution in [0.2, 0.25) is 0 Å². The quantitative estimate of drug-likeness (QED) is 0.293. The lowest BCUT2D eigenvalue weighted by Crippen LogP contribution is -2.28. The maximum atomic E-state index is 10.3. The first-order valence-corrected chi connectivity index (χ1v) is 3.52. The van der Waals surface area contributed by atoms with Gasteiger partial charge < -0.3 is 5.32 Å². The number of amidine groups is 1. The summed E-state index contributed by atoms with van der Waals surface area (Å²) in [6, 6.07) is 0. The zero-order valence-electron chi connectivity index (χ0n) is 7.50. The highest BCUT2D eigenvalue weighted by atomic mass is 16.6. The van der Waals surface area contributed by atoms with Crippen LogP contribution in [-0.2, 0) is 0 Å². The van der Waals surface area contributed by atoms with Crippen LogP contribution in [0, 0.1) is 16.0 Å². The van der Waals surface area contributed by atoms with Crippen LogP contribution in [0.1, 0.15) is 6.92 Å². The summed E-state index contributed by atoms with van der Waals surface area (Å²) in [6.45, 7) is 5.04. The van der Waals surface area contributed by atoms with Crippen molar-refractivity contribution >= 4 is 5.84 Å². The summed E-state index contributed by atoms with van der Waals surface area (Å²) < 4.78 is 0. The molecule has 0 fully saturated rings. The summed E-state index contributed by atoms with van der Waals surface area (Å²) in [6.07, 6.45) is 0. The van der Waals surface area contributed by atoms with E-state index in [2.05, 4.69) is 16.9 Å². The Morgan fingerprint density at radius 1 is 1.75 bits per heavy atom. The number of nitrogens with zero attached hydrogens (tertiary/aromatic N) is 2. The van der Waals surface area contributed by atoms with Crippen molar-refractivity contribution in [1.29, 1.82) is 0 Å². The fourth-order valence-electron chi connectivity index (χ4n) is 0.838. The van der Waals surface area contributed by atoms with Gasteiger partial charge in [0.05, 0.1) is 4.92 Å². The molecule has 0 spiro atoms. The molecule has 0 heterocycles. The Balaban J connectivity index is 4.48. The third-order valence-corrected chi connectivity index (χ3v) is 1.64. The minimum Gasteiger partial charge on any atom is -0.376 e. The largest absolute Gasteiger partial charge is 0.376 e. The standard InChI is InChI=1S/C7H13N3O2/c1-5(6(2)10(11)12)7(8-3)9-4/h5H,2H2,1,3-4H3,(H,8,9)/t5-/m0/s1. The Morgan fingerprint density at radius 3 is 2.50 bits per heavy atom. The molecule has 5 nitrogen and oxygen atoms in total. The van der Waals surface area contributed by atoms with E-state index in [-0.39, 0.29) is 11.6 Å². The number of hydrogen-bond acceptors (Lipinski definition) is 3. The molecule has 5 heteroatoms. The molecule has 68 valence electrons. The SMILES string of the molecule is C=C([C@H](C)C(=NC)NC)[N+](=O)[O-]. The zero-order chi connectivity index (χ0) is 9.72. The molecule has 1 atom stereocenters. The van der Waals surface area contributed by atoms with Crippen molar-refractivity contribution in [3.63, 3.8) is 0 Å². The highest BCUT2D eigenvalue weighted by molar-refractivity contribution is 5.85. The van der Waals surface area contributed by atoms with Crippen LogP contribution in [0.25, 0.3) is 0 Å². The molecule has 0 saturated carbocycles. The molecule has 0 unspecified atom stereocenters. The van der Waals surface area contributed by atoms with Crippen LogP contribution < -0.4 is 5.32 Å². The van der Waals surface area contributed by atoms with E-state index in [0.717, 1.165) is 0 Å². The topological polar surface area (TPSA) is 67.5 Å². The molecule has 0 rings (SSSR count). The van der Waals surface area contributed by atoms with Crippen LogP contribution >= 0.6 is 0 Å². The second-order valence-corrected chi connectivity index (χ2v) is 2.33. The lowest BCUT2D eigenvalue weighted by molar-refractivity contribution is -0.430. The summed E-state index contributed by atoms with van der Waals surface area (Å²) in [5.41, 5.74) is -0.0510. The van der Waals surface area contributed by atoms with E-state index < -0.39 is 4.92 Å². The Labute approximate surface area is 71.3 Å².